The van der Waals surface area contributed by atoms with Crippen molar-refractivity contribution >= 4 is 5.78 Å². The number of aliphatic hydroxyl groups is 1. The maximum atomic E-state index is 11.5. The average molecular weight is 437 g/mol. The molecule has 0 aliphatic carbocycles. The lowest BCUT2D eigenvalue weighted by molar-refractivity contribution is -0.124. The van der Waals surface area contributed by atoms with Gasteiger partial charge in [-0.1, -0.05) is 39.0 Å². The van der Waals surface area contributed by atoms with Crippen molar-refractivity contribution in [3.05, 3.63) is 23.8 Å². The second-order valence-corrected chi connectivity index (χ2v) is 10.3. The molecule has 2 fully saturated rings. The molecule has 9 atom stereocenters. The number of hydrogen-bond acceptors (Lipinski definition) is 5. The fourth-order valence-electron chi connectivity index (χ4n) is 5.34. The second kappa shape index (κ2) is 11.2. The van der Waals surface area contributed by atoms with Crippen LogP contribution in [0.25, 0.3) is 0 Å². The van der Waals surface area contributed by atoms with Crippen molar-refractivity contribution in [3.63, 3.8) is 0 Å². The van der Waals surface area contributed by atoms with Crippen LogP contribution in [0, 0.1) is 17.8 Å². The third-order valence-electron chi connectivity index (χ3n) is 6.97. The van der Waals surface area contributed by atoms with Crippen molar-refractivity contribution in [3.8, 4) is 0 Å². The first-order valence-electron chi connectivity index (χ1n) is 11.9. The summed E-state index contributed by atoms with van der Waals surface area (Å²) >= 11 is 0. The van der Waals surface area contributed by atoms with Gasteiger partial charge in [-0.3, -0.25) is 4.79 Å². The van der Waals surface area contributed by atoms with Crippen LogP contribution in [0.4, 0.5) is 0 Å². The molecule has 1 N–H and O–H groups in total. The van der Waals surface area contributed by atoms with Gasteiger partial charge in [-0.25, -0.2) is 0 Å². The minimum Gasteiger partial charge on any atom is -0.391 e. The van der Waals surface area contributed by atoms with Gasteiger partial charge < -0.3 is 19.3 Å². The minimum atomic E-state index is -0.515. The molecule has 0 bridgehead atoms. The fraction of sp³-hybridized carbons (Fsp3) is 0.808. The highest BCUT2D eigenvalue weighted by molar-refractivity contribution is 5.75. The molecule has 2 rings (SSSR count). The van der Waals surface area contributed by atoms with Gasteiger partial charge in [0.1, 0.15) is 5.78 Å². The summed E-state index contributed by atoms with van der Waals surface area (Å²) in [6.07, 6.45) is 9.52. The van der Waals surface area contributed by atoms with Crippen molar-refractivity contribution in [1.82, 2.24) is 0 Å². The normalized spacial score (nSPS) is 35.6. The van der Waals surface area contributed by atoms with Gasteiger partial charge in [-0.2, -0.15) is 0 Å². The number of ketones is 1. The molecule has 0 aromatic heterocycles. The van der Waals surface area contributed by atoms with Gasteiger partial charge in [-0.05, 0) is 64.4 Å². The Labute approximate surface area is 189 Å². The largest absolute Gasteiger partial charge is 0.391 e. The van der Waals surface area contributed by atoms with Crippen molar-refractivity contribution in [2.24, 2.45) is 17.8 Å². The molecule has 2 aliphatic heterocycles. The molecule has 0 amide bonds. The summed E-state index contributed by atoms with van der Waals surface area (Å²) in [5.41, 5.74) is 1.04. The van der Waals surface area contributed by atoms with Gasteiger partial charge in [0.15, 0.2) is 0 Å². The summed E-state index contributed by atoms with van der Waals surface area (Å²) in [7, 11) is 1.65. The molecule has 0 saturated carbocycles. The summed E-state index contributed by atoms with van der Waals surface area (Å²) in [5, 5.41) is 9.94. The Bertz CT molecular complexity index is 654. The molecular weight excluding hydrogens is 392 g/mol. The highest BCUT2D eigenvalue weighted by atomic mass is 16.6. The summed E-state index contributed by atoms with van der Waals surface area (Å²) < 4.78 is 17.8. The molecule has 0 aromatic carbocycles. The van der Waals surface area contributed by atoms with Crippen LogP contribution in [0.15, 0.2) is 23.8 Å². The molecule has 5 heteroatoms. The lowest BCUT2D eigenvalue weighted by Gasteiger charge is -2.35. The summed E-state index contributed by atoms with van der Waals surface area (Å²) in [4.78, 5) is 11.5. The number of hydrogen-bond donors (Lipinski definition) is 1. The summed E-state index contributed by atoms with van der Waals surface area (Å²) in [5.74, 6) is 1.17. The molecule has 0 unspecified atom stereocenters. The SMILES string of the molecule is CO[C@H]([C@@H](C)[C@H]1O[C@@]1(C)C[C@H](C)/C=C/C=C(\C)[C@H]1O[C@@H](CC(C)=O)CC[C@@H]1C)[C@@H](C)O. The number of methoxy groups -OCH3 is 1. The topological polar surface area (TPSA) is 68.3 Å². The monoisotopic (exact) mass is 436 g/mol. The van der Waals surface area contributed by atoms with E-state index in [1.54, 1.807) is 21.0 Å². The third kappa shape index (κ3) is 7.24. The van der Waals surface area contributed by atoms with Crippen LogP contribution in [0.1, 0.15) is 74.1 Å². The van der Waals surface area contributed by atoms with Gasteiger partial charge in [0.2, 0.25) is 0 Å². The standard InChI is InChI=1S/C26H44O5/c1-16(15-26(7)25(31-26)20(5)24(29-8)21(6)28)10-9-11-17(2)23-18(3)12-13-22(30-23)14-19(4)27/h9-11,16,18,20-25,28H,12-15H2,1-8H3/b10-9+,17-11+/t16-,18+,20-,21-,22-,23-,24-,25-,26+/m1/s1. The van der Waals surface area contributed by atoms with Gasteiger partial charge in [-0.15, -0.1) is 0 Å². The van der Waals surface area contributed by atoms with Crippen LogP contribution in [0.3, 0.4) is 0 Å². The zero-order valence-corrected chi connectivity index (χ0v) is 20.8. The zero-order valence-electron chi connectivity index (χ0n) is 20.8. The Morgan fingerprint density at radius 3 is 2.52 bits per heavy atom. The predicted molar refractivity (Wildman–Crippen MR) is 124 cm³/mol. The number of rotatable bonds is 11. The van der Waals surface area contributed by atoms with Gasteiger partial charge >= 0.3 is 0 Å². The van der Waals surface area contributed by atoms with Crippen molar-refractivity contribution in [2.75, 3.05) is 7.11 Å². The van der Waals surface area contributed by atoms with Crippen LogP contribution in [-0.4, -0.2) is 54.1 Å². The Morgan fingerprint density at radius 1 is 1.26 bits per heavy atom. The van der Waals surface area contributed by atoms with Gasteiger partial charge in [0.25, 0.3) is 0 Å². The van der Waals surface area contributed by atoms with Crippen LogP contribution < -0.4 is 0 Å². The molecule has 2 heterocycles. The van der Waals surface area contributed by atoms with Crippen molar-refractivity contribution in [1.29, 1.82) is 0 Å². The summed E-state index contributed by atoms with van der Waals surface area (Å²) in [6, 6.07) is 0. The van der Waals surface area contributed by atoms with E-state index < -0.39 is 6.10 Å². The van der Waals surface area contributed by atoms with E-state index in [-0.39, 0.29) is 41.7 Å². The zero-order chi connectivity index (χ0) is 23.3. The van der Waals surface area contributed by atoms with E-state index in [0.717, 1.165) is 19.3 Å². The first-order chi connectivity index (χ1) is 14.5. The first kappa shape index (κ1) is 26.2. The number of epoxide rings is 1. The minimum absolute atomic E-state index is 0.0495. The van der Waals surface area contributed by atoms with Crippen molar-refractivity contribution < 1.29 is 24.1 Å². The van der Waals surface area contributed by atoms with Crippen molar-refractivity contribution in [2.45, 2.75) is 110 Å². The molecule has 5 nitrogen and oxygen atoms in total. The maximum Gasteiger partial charge on any atom is 0.132 e. The lowest BCUT2D eigenvalue weighted by Crippen LogP contribution is -2.36. The molecule has 178 valence electrons. The first-order valence-corrected chi connectivity index (χ1v) is 11.9. The Hall–Kier alpha value is -1.01. The second-order valence-electron chi connectivity index (χ2n) is 10.3. The quantitative estimate of drug-likeness (QED) is 0.370. The molecule has 0 spiro atoms. The molecule has 31 heavy (non-hydrogen) atoms. The van der Waals surface area contributed by atoms with Crippen LogP contribution in [-0.2, 0) is 19.0 Å². The fourth-order valence-corrected chi connectivity index (χ4v) is 5.34. The smallest absolute Gasteiger partial charge is 0.132 e. The van der Waals surface area contributed by atoms with Crippen LogP contribution in [0.2, 0.25) is 0 Å². The number of aliphatic hydroxyl groups excluding tert-OH is 1. The molecule has 2 saturated heterocycles. The molecule has 0 radical (unpaired) electrons. The predicted octanol–water partition coefficient (Wildman–Crippen LogP) is 4.87. The van der Waals surface area contributed by atoms with E-state index in [1.807, 2.05) is 0 Å². The number of carbonyl (C=O) groups excluding carboxylic acids is 1. The Kier molecular flexibility index (Phi) is 9.50. The number of ether oxygens (including phenoxy) is 3. The van der Waals surface area contributed by atoms with E-state index >= 15 is 0 Å². The number of allylic oxidation sites excluding steroid dienone is 3. The molecule has 2 aliphatic rings. The average Bonchev–Trinajstić information content (AvgIpc) is 3.33. The van der Waals surface area contributed by atoms with Gasteiger partial charge in [0.05, 0.1) is 36.1 Å². The highest BCUT2D eigenvalue weighted by Gasteiger charge is 2.56. The molecular formula is C26H44O5. The third-order valence-corrected chi connectivity index (χ3v) is 6.97. The summed E-state index contributed by atoms with van der Waals surface area (Å²) in [6.45, 7) is 14.2. The van der Waals surface area contributed by atoms with E-state index in [4.69, 9.17) is 14.2 Å². The van der Waals surface area contributed by atoms with E-state index in [9.17, 15) is 9.90 Å². The van der Waals surface area contributed by atoms with Crippen LogP contribution >= 0.6 is 0 Å². The Morgan fingerprint density at radius 2 is 1.94 bits per heavy atom. The lowest BCUT2D eigenvalue weighted by atomic mass is 9.85. The number of carbonyl (C=O) groups is 1. The van der Waals surface area contributed by atoms with E-state index in [2.05, 4.69) is 52.8 Å². The van der Waals surface area contributed by atoms with E-state index in [0.29, 0.717) is 18.3 Å². The van der Waals surface area contributed by atoms with Gasteiger partial charge in [0, 0.05) is 19.4 Å². The number of Topliss-reactive ketones (excluding diaryl/α,β-unsaturated/α-hetero) is 1. The maximum absolute atomic E-state index is 11.5. The Balaban J connectivity index is 1.89. The van der Waals surface area contributed by atoms with E-state index in [1.165, 1.54) is 5.57 Å². The highest BCUT2D eigenvalue weighted by Crippen LogP contribution is 2.47. The van der Waals surface area contributed by atoms with Crippen LogP contribution in [0.5, 0.6) is 0 Å². The molecule has 0 aromatic rings.